The zero-order chi connectivity index (χ0) is 18.5. The zero-order valence-corrected chi connectivity index (χ0v) is 15.6. The summed E-state index contributed by atoms with van der Waals surface area (Å²) in [6, 6.07) is 13.8. The molecule has 0 saturated heterocycles. The van der Waals surface area contributed by atoms with Crippen molar-refractivity contribution in [2.45, 2.75) is 31.5 Å². The Balaban J connectivity index is 1.80. The summed E-state index contributed by atoms with van der Waals surface area (Å²) in [6.07, 6.45) is 0.833. The van der Waals surface area contributed by atoms with Gasteiger partial charge in [-0.25, -0.2) is 9.37 Å². The normalized spacial score (nSPS) is 12.3. The number of hydrogen-bond donors (Lipinski definition) is 0. The molecule has 0 radical (unpaired) electrons. The molecule has 0 amide bonds. The van der Waals surface area contributed by atoms with E-state index < -0.39 is 0 Å². The third-order valence-electron chi connectivity index (χ3n) is 4.22. The largest absolute Gasteiger partial charge is 0.490 e. The van der Waals surface area contributed by atoms with Gasteiger partial charge in [-0.05, 0) is 37.6 Å². The molecule has 1 atom stereocenters. The quantitative estimate of drug-likeness (QED) is 0.343. The van der Waals surface area contributed by atoms with Crippen molar-refractivity contribution >= 4 is 22.7 Å². The topological polar surface area (TPSA) is 44.1 Å². The Labute approximate surface area is 156 Å². The molecular formula is C20H21FN2O2S. The van der Waals surface area contributed by atoms with Gasteiger partial charge in [0, 0.05) is 11.8 Å². The van der Waals surface area contributed by atoms with E-state index in [0.29, 0.717) is 28.4 Å². The fourth-order valence-electron chi connectivity index (χ4n) is 2.64. The lowest BCUT2D eigenvalue weighted by Crippen LogP contribution is -2.26. The van der Waals surface area contributed by atoms with Crippen LogP contribution in [0.2, 0.25) is 0 Å². The first-order chi connectivity index (χ1) is 12.6. The van der Waals surface area contributed by atoms with E-state index >= 15 is 0 Å². The Morgan fingerprint density at radius 1 is 1.19 bits per heavy atom. The zero-order valence-electron chi connectivity index (χ0n) is 14.8. The van der Waals surface area contributed by atoms with Gasteiger partial charge in [0.25, 0.3) is 5.56 Å². The molecule has 0 fully saturated rings. The van der Waals surface area contributed by atoms with Crippen LogP contribution in [0.25, 0.3) is 10.9 Å². The number of fused-ring (bicyclic) bond motifs is 1. The summed E-state index contributed by atoms with van der Waals surface area (Å²) >= 11 is 1.45. The average molecular weight is 372 g/mol. The number of halogens is 1. The van der Waals surface area contributed by atoms with Crippen LogP contribution in [-0.4, -0.2) is 21.9 Å². The number of ether oxygens (including phenoxy) is 1. The van der Waals surface area contributed by atoms with Crippen molar-refractivity contribution in [2.75, 3.05) is 12.4 Å². The van der Waals surface area contributed by atoms with Crippen molar-refractivity contribution < 1.29 is 9.13 Å². The number of para-hydroxylation sites is 2. The van der Waals surface area contributed by atoms with Crippen LogP contribution in [0.5, 0.6) is 5.75 Å². The van der Waals surface area contributed by atoms with Gasteiger partial charge in [0.1, 0.15) is 0 Å². The third kappa shape index (κ3) is 3.90. The van der Waals surface area contributed by atoms with E-state index in [2.05, 4.69) is 4.98 Å². The van der Waals surface area contributed by atoms with Crippen molar-refractivity contribution in [2.24, 2.45) is 0 Å². The van der Waals surface area contributed by atoms with E-state index in [4.69, 9.17) is 4.74 Å². The molecule has 1 heterocycles. The lowest BCUT2D eigenvalue weighted by molar-refractivity contribution is 0.324. The minimum atomic E-state index is -0.377. The minimum absolute atomic E-state index is 0.0255. The molecule has 0 spiro atoms. The molecular weight excluding hydrogens is 351 g/mol. The summed E-state index contributed by atoms with van der Waals surface area (Å²) in [5, 5.41) is 1.29. The van der Waals surface area contributed by atoms with E-state index in [1.165, 1.54) is 17.8 Å². The average Bonchev–Trinajstić information content (AvgIpc) is 2.66. The second-order valence-electron chi connectivity index (χ2n) is 5.97. The third-order valence-corrected chi connectivity index (χ3v) is 5.13. The maximum atomic E-state index is 13.6. The van der Waals surface area contributed by atoms with E-state index in [9.17, 15) is 9.18 Å². The molecule has 0 N–H and O–H groups in total. The summed E-state index contributed by atoms with van der Waals surface area (Å²) < 4.78 is 20.8. The molecule has 0 unspecified atom stereocenters. The standard InChI is InChI=1S/C20H21FN2O2S/c1-3-14(2)23-19(24)15-8-4-6-10-17(15)22-20(23)26-13-12-25-18-11-7-5-9-16(18)21/h4-11,14H,3,12-13H2,1-2H3/t14-/m0/s1. The molecule has 3 rings (SSSR count). The van der Waals surface area contributed by atoms with Crippen LogP contribution in [0, 0.1) is 5.82 Å². The first-order valence-electron chi connectivity index (χ1n) is 8.63. The molecule has 0 aliphatic heterocycles. The first-order valence-corrected chi connectivity index (χ1v) is 9.61. The minimum Gasteiger partial charge on any atom is -0.490 e. The molecule has 0 saturated carbocycles. The van der Waals surface area contributed by atoms with Crippen LogP contribution in [0.3, 0.4) is 0 Å². The Morgan fingerprint density at radius 2 is 1.92 bits per heavy atom. The predicted octanol–water partition coefficient (Wildman–Crippen LogP) is 4.68. The van der Waals surface area contributed by atoms with Gasteiger partial charge in [-0.1, -0.05) is 43.0 Å². The van der Waals surface area contributed by atoms with Gasteiger partial charge in [-0.2, -0.15) is 0 Å². The SMILES string of the molecule is CC[C@H](C)n1c(SCCOc2ccccc2F)nc2ccccc2c1=O. The smallest absolute Gasteiger partial charge is 0.262 e. The van der Waals surface area contributed by atoms with Crippen LogP contribution in [-0.2, 0) is 0 Å². The Bertz CT molecular complexity index is 958. The Kier molecular flexibility index (Phi) is 5.93. The van der Waals surface area contributed by atoms with Crippen molar-refractivity contribution in [1.82, 2.24) is 9.55 Å². The number of aromatic nitrogens is 2. The van der Waals surface area contributed by atoms with E-state index in [1.807, 2.05) is 32.0 Å². The van der Waals surface area contributed by atoms with Crippen molar-refractivity contribution in [3.63, 3.8) is 0 Å². The highest BCUT2D eigenvalue weighted by Crippen LogP contribution is 2.23. The molecule has 6 heteroatoms. The van der Waals surface area contributed by atoms with Gasteiger partial charge in [0.2, 0.25) is 0 Å². The van der Waals surface area contributed by atoms with Crippen LogP contribution in [0.1, 0.15) is 26.3 Å². The molecule has 0 bridgehead atoms. The highest BCUT2D eigenvalue weighted by atomic mass is 32.2. The molecule has 4 nitrogen and oxygen atoms in total. The molecule has 1 aromatic heterocycles. The Hall–Kier alpha value is -2.34. The van der Waals surface area contributed by atoms with Gasteiger partial charge in [-0.3, -0.25) is 9.36 Å². The second-order valence-corrected chi connectivity index (χ2v) is 7.03. The maximum Gasteiger partial charge on any atom is 0.262 e. The van der Waals surface area contributed by atoms with Gasteiger partial charge < -0.3 is 4.74 Å². The number of nitrogens with zero attached hydrogens (tertiary/aromatic N) is 2. The Morgan fingerprint density at radius 3 is 2.69 bits per heavy atom. The molecule has 3 aromatic rings. The molecule has 0 aliphatic carbocycles. The number of thioether (sulfide) groups is 1. The van der Waals surface area contributed by atoms with Crippen LogP contribution in [0.4, 0.5) is 4.39 Å². The number of benzene rings is 2. The van der Waals surface area contributed by atoms with Gasteiger partial charge in [-0.15, -0.1) is 0 Å². The summed E-state index contributed by atoms with van der Waals surface area (Å²) in [7, 11) is 0. The highest BCUT2D eigenvalue weighted by Gasteiger charge is 2.15. The summed E-state index contributed by atoms with van der Waals surface area (Å²) in [5.74, 6) is 0.423. The second kappa shape index (κ2) is 8.36. The van der Waals surface area contributed by atoms with Crippen LogP contribution in [0.15, 0.2) is 58.5 Å². The highest BCUT2D eigenvalue weighted by molar-refractivity contribution is 7.99. The molecule has 136 valence electrons. The first kappa shape index (κ1) is 18.5. The predicted molar refractivity (Wildman–Crippen MR) is 104 cm³/mol. The summed E-state index contributed by atoms with van der Waals surface area (Å²) in [5.41, 5.74) is 0.664. The van der Waals surface area contributed by atoms with Crippen LogP contribution >= 0.6 is 11.8 Å². The number of rotatable bonds is 7. The summed E-state index contributed by atoms with van der Waals surface area (Å²) in [4.78, 5) is 17.5. The van der Waals surface area contributed by atoms with E-state index in [-0.39, 0.29) is 23.2 Å². The van der Waals surface area contributed by atoms with Crippen LogP contribution < -0.4 is 10.3 Å². The monoisotopic (exact) mass is 372 g/mol. The van der Waals surface area contributed by atoms with Gasteiger partial charge >= 0.3 is 0 Å². The fraction of sp³-hybridized carbons (Fsp3) is 0.300. The van der Waals surface area contributed by atoms with E-state index in [0.717, 1.165) is 6.42 Å². The number of hydrogen-bond acceptors (Lipinski definition) is 4. The lowest BCUT2D eigenvalue weighted by Gasteiger charge is -2.18. The van der Waals surface area contributed by atoms with Gasteiger partial charge in [0.15, 0.2) is 16.7 Å². The van der Waals surface area contributed by atoms with Crippen molar-refractivity contribution in [1.29, 1.82) is 0 Å². The molecule has 0 aliphatic rings. The lowest BCUT2D eigenvalue weighted by atomic mass is 10.2. The van der Waals surface area contributed by atoms with Gasteiger partial charge in [0.05, 0.1) is 17.5 Å². The van der Waals surface area contributed by atoms with E-state index in [1.54, 1.807) is 28.8 Å². The van der Waals surface area contributed by atoms with Crippen molar-refractivity contribution in [3.8, 4) is 5.75 Å². The summed E-state index contributed by atoms with van der Waals surface area (Å²) in [6.45, 7) is 4.38. The molecule has 2 aromatic carbocycles. The molecule has 26 heavy (non-hydrogen) atoms. The fourth-order valence-corrected chi connectivity index (χ4v) is 3.56. The van der Waals surface area contributed by atoms with Crippen molar-refractivity contribution in [3.05, 3.63) is 64.7 Å². The maximum absolute atomic E-state index is 13.6.